The SMILES string of the molecule is COC(=O)C=CC1CNC(=O)N1c1ccccc1F. The van der Waals surface area contributed by atoms with Crippen LogP contribution in [-0.2, 0) is 9.53 Å². The molecule has 1 atom stereocenters. The molecule has 100 valence electrons. The van der Waals surface area contributed by atoms with E-state index in [0.29, 0.717) is 6.54 Å². The quantitative estimate of drug-likeness (QED) is 0.664. The van der Waals surface area contributed by atoms with Gasteiger partial charge >= 0.3 is 12.0 Å². The van der Waals surface area contributed by atoms with E-state index in [0.717, 1.165) is 0 Å². The van der Waals surface area contributed by atoms with Crippen LogP contribution in [0.25, 0.3) is 0 Å². The summed E-state index contributed by atoms with van der Waals surface area (Å²) in [5, 5.41) is 2.60. The van der Waals surface area contributed by atoms with Crippen molar-refractivity contribution in [3.8, 4) is 0 Å². The van der Waals surface area contributed by atoms with E-state index in [1.807, 2.05) is 0 Å². The van der Waals surface area contributed by atoms with Crippen molar-refractivity contribution in [2.75, 3.05) is 18.6 Å². The molecule has 2 amide bonds. The summed E-state index contributed by atoms with van der Waals surface area (Å²) in [6, 6.07) is 5.16. The molecule has 1 N–H and O–H groups in total. The second-order valence-corrected chi connectivity index (χ2v) is 3.96. The molecule has 2 rings (SSSR count). The number of hydrogen-bond acceptors (Lipinski definition) is 3. The lowest BCUT2D eigenvalue weighted by molar-refractivity contribution is -0.134. The highest BCUT2D eigenvalue weighted by Gasteiger charge is 2.31. The van der Waals surface area contributed by atoms with Crippen molar-refractivity contribution in [2.45, 2.75) is 6.04 Å². The Morgan fingerprint density at radius 2 is 2.26 bits per heavy atom. The van der Waals surface area contributed by atoms with Crippen molar-refractivity contribution in [1.82, 2.24) is 5.32 Å². The number of nitrogens with one attached hydrogen (secondary N) is 1. The van der Waals surface area contributed by atoms with E-state index >= 15 is 0 Å². The summed E-state index contributed by atoms with van der Waals surface area (Å²) >= 11 is 0. The Balaban J connectivity index is 2.26. The number of ether oxygens (including phenoxy) is 1. The van der Waals surface area contributed by atoms with Crippen molar-refractivity contribution in [3.63, 3.8) is 0 Å². The first kappa shape index (κ1) is 13.1. The van der Waals surface area contributed by atoms with Gasteiger partial charge in [0.2, 0.25) is 0 Å². The minimum Gasteiger partial charge on any atom is -0.466 e. The predicted octanol–water partition coefficient (Wildman–Crippen LogP) is 1.45. The third kappa shape index (κ3) is 2.73. The Kier molecular flexibility index (Phi) is 3.79. The molecule has 19 heavy (non-hydrogen) atoms. The average Bonchev–Trinajstić information content (AvgIpc) is 2.78. The fourth-order valence-electron chi connectivity index (χ4n) is 1.87. The highest BCUT2D eigenvalue weighted by atomic mass is 19.1. The molecule has 6 heteroatoms. The number of halogens is 1. The summed E-state index contributed by atoms with van der Waals surface area (Å²) < 4.78 is 18.2. The van der Waals surface area contributed by atoms with Gasteiger partial charge in [-0.2, -0.15) is 0 Å². The molecule has 0 saturated carbocycles. The molecular weight excluding hydrogens is 251 g/mol. The summed E-state index contributed by atoms with van der Waals surface area (Å²) in [4.78, 5) is 24.1. The molecule has 0 aliphatic carbocycles. The van der Waals surface area contributed by atoms with Gasteiger partial charge < -0.3 is 10.1 Å². The molecule has 5 nitrogen and oxygen atoms in total. The molecule has 1 fully saturated rings. The van der Waals surface area contributed by atoms with Gasteiger partial charge in [0.05, 0.1) is 18.8 Å². The van der Waals surface area contributed by atoms with E-state index in [4.69, 9.17) is 0 Å². The van der Waals surface area contributed by atoms with Gasteiger partial charge in [-0.25, -0.2) is 14.0 Å². The molecule has 1 aromatic rings. The van der Waals surface area contributed by atoms with Gasteiger partial charge in [-0.1, -0.05) is 18.2 Å². The molecule has 0 radical (unpaired) electrons. The summed E-state index contributed by atoms with van der Waals surface area (Å²) in [7, 11) is 1.26. The number of benzene rings is 1. The lowest BCUT2D eigenvalue weighted by atomic mass is 10.2. The Morgan fingerprint density at radius 3 is 2.95 bits per heavy atom. The Morgan fingerprint density at radius 1 is 1.53 bits per heavy atom. The maximum Gasteiger partial charge on any atom is 0.330 e. The van der Waals surface area contributed by atoms with Gasteiger partial charge in [0.1, 0.15) is 5.82 Å². The van der Waals surface area contributed by atoms with Gasteiger partial charge in [-0.15, -0.1) is 0 Å². The first-order valence-corrected chi connectivity index (χ1v) is 5.71. The highest BCUT2D eigenvalue weighted by Crippen LogP contribution is 2.24. The van der Waals surface area contributed by atoms with Crippen LogP contribution in [0.4, 0.5) is 14.9 Å². The van der Waals surface area contributed by atoms with E-state index < -0.39 is 23.9 Å². The fraction of sp³-hybridized carbons (Fsp3) is 0.231. The van der Waals surface area contributed by atoms with Gasteiger partial charge in [0.15, 0.2) is 0 Å². The number of hydrogen-bond donors (Lipinski definition) is 1. The van der Waals surface area contributed by atoms with E-state index in [9.17, 15) is 14.0 Å². The molecular formula is C13H13FN2O3. The molecule has 1 unspecified atom stereocenters. The number of rotatable bonds is 3. The monoisotopic (exact) mass is 264 g/mol. The Hall–Kier alpha value is -2.37. The zero-order valence-electron chi connectivity index (χ0n) is 10.3. The normalized spacial score (nSPS) is 18.7. The maximum absolute atomic E-state index is 13.7. The lowest BCUT2D eigenvalue weighted by Crippen LogP contribution is -2.33. The smallest absolute Gasteiger partial charge is 0.330 e. The van der Waals surface area contributed by atoms with Crippen LogP contribution >= 0.6 is 0 Å². The summed E-state index contributed by atoms with van der Waals surface area (Å²) in [5.41, 5.74) is 0.178. The van der Waals surface area contributed by atoms with Crippen molar-refractivity contribution in [3.05, 3.63) is 42.2 Å². The van der Waals surface area contributed by atoms with Gasteiger partial charge in [-0.05, 0) is 12.1 Å². The van der Waals surface area contributed by atoms with Crippen LogP contribution in [0.3, 0.4) is 0 Å². The number of esters is 1. The number of para-hydroxylation sites is 1. The van der Waals surface area contributed by atoms with Gasteiger partial charge in [-0.3, -0.25) is 4.90 Å². The number of urea groups is 1. The number of nitrogens with zero attached hydrogens (tertiary/aromatic N) is 1. The van der Waals surface area contributed by atoms with Crippen molar-refractivity contribution >= 4 is 17.7 Å². The molecule has 1 heterocycles. The minimum atomic E-state index is -0.521. The third-order valence-electron chi connectivity index (χ3n) is 2.78. The average molecular weight is 264 g/mol. The van der Waals surface area contributed by atoms with Crippen LogP contribution in [-0.4, -0.2) is 31.7 Å². The Labute approximate surface area is 109 Å². The number of carbonyl (C=O) groups is 2. The van der Waals surface area contributed by atoms with Crippen molar-refractivity contribution < 1.29 is 18.7 Å². The maximum atomic E-state index is 13.7. The lowest BCUT2D eigenvalue weighted by Gasteiger charge is -2.20. The van der Waals surface area contributed by atoms with Crippen LogP contribution in [0.1, 0.15) is 0 Å². The second kappa shape index (κ2) is 5.51. The van der Waals surface area contributed by atoms with E-state index in [2.05, 4.69) is 10.1 Å². The van der Waals surface area contributed by atoms with Crippen LogP contribution in [0, 0.1) is 5.82 Å². The number of carbonyl (C=O) groups excluding carboxylic acids is 2. The molecule has 1 aliphatic heterocycles. The zero-order valence-corrected chi connectivity index (χ0v) is 10.3. The predicted molar refractivity (Wildman–Crippen MR) is 67.2 cm³/mol. The van der Waals surface area contributed by atoms with Crippen LogP contribution in [0.5, 0.6) is 0 Å². The highest BCUT2D eigenvalue weighted by molar-refractivity contribution is 5.96. The van der Waals surface area contributed by atoms with E-state index in [-0.39, 0.29) is 5.69 Å². The molecule has 0 bridgehead atoms. The van der Waals surface area contributed by atoms with E-state index in [1.54, 1.807) is 12.1 Å². The summed E-state index contributed by atoms with van der Waals surface area (Å²) in [6.45, 7) is 0.306. The van der Waals surface area contributed by atoms with Crippen LogP contribution in [0.15, 0.2) is 36.4 Å². The fourth-order valence-corrected chi connectivity index (χ4v) is 1.87. The standard InChI is InChI=1S/C13H13FN2O3/c1-19-12(17)7-6-9-8-15-13(18)16(9)11-5-3-2-4-10(11)14/h2-7,9H,8H2,1H3,(H,15,18). The molecule has 0 aromatic heterocycles. The number of anilines is 1. The molecule has 0 spiro atoms. The van der Waals surface area contributed by atoms with E-state index in [1.165, 1.54) is 36.3 Å². The molecule has 1 saturated heterocycles. The first-order valence-electron chi connectivity index (χ1n) is 5.71. The van der Waals surface area contributed by atoms with Gasteiger partial charge in [0, 0.05) is 12.6 Å². The topological polar surface area (TPSA) is 58.6 Å². The zero-order chi connectivity index (χ0) is 13.8. The van der Waals surface area contributed by atoms with Crippen molar-refractivity contribution in [1.29, 1.82) is 0 Å². The van der Waals surface area contributed by atoms with Crippen LogP contribution in [0.2, 0.25) is 0 Å². The molecule has 1 aliphatic rings. The largest absolute Gasteiger partial charge is 0.466 e. The van der Waals surface area contributed by atoms with Crippen molar-refractivity contribution in [2.24, 2.45) is 0 Å². The number of methoxy groups -OCH3 is 1. The number of amides is 2. The summed E-state index contributed by atoms with van der Waals surface area (Å²) in [5.74, 6) is -1.01. The second-order valence-electron chi connectivity index (χ2n) is 3.96. The summed E-state index contributed by atoms with van der Waals surface area (Å²) in [6.07, 6.45) is 2.73. The minimum absolute atomic E-state index is 0.178. The Bertz CT molecular complexity index is 530. The first-order chi connectivity index (χ1) is 9.13. The third-order valence-corrected chi connectivity index (χ3v) is 2.78. The molecule has 1 aromatic carbocycles. The van der Waals surface area contributed by atoms with Crippen LogP contribution < -0.4 is 10.2 Å². The van der Waals surface area contributed by atoms with Gasteiger partial charge in [0.25, 0.3) is 0 Å².